The van der Waals surface area contributed by atoms with E-state index in [4.69, 9.17) is 16.3 Å². The number of aromatic nitrogens is 4. The molecule has 0 spiro atoms. The Morgan fingerprint density at radius 1 is 1.28 bits per heavy atom. The molecule has 0 bridgehead atoms. The molecular weight excluding hydrogens is 342 g/mol. The summed E-state index contributed by atoms with van der Waals surface area (Å²) in [5.74, 6) is 0.666. The van der Waals surface area contributed by atoms with Gasteiger partial charge in [0.05, 0.1) is 11.7 Å². The fourth-order valence-electron chi connectivity index (χ4n) is 2.32. The molecule has 0 aliphatic carbocycles. The van der Waals surface area contributed by atoms with Crippen LogP contribution in [0, 0.1) is 0 Å². The number of ether oxygens (including phenoxy) is 1. The van der Waals surface area contributed by atoms with Gasteiger partial charge >= 0.3 is 6.09 Å². The van der Waals surface area contributed by atoms with Crippen LogP contribution in [-0.2, 0) is 4.74 Å². The van der Waals surface area contributed by atoms with Crippen LogP contribution in [0.15, 0.2) is 36.7 Å². The maximum atomic E-state index is 12.2. The number of nitrogens with zero attached hydrogens (tertiary/aromatic N) is 5. The monoisotopic (exact) mass is 359 g/mol. The third-order valence-corrected chi connectivity index (χ3v) is 3.64. The third kappa shape index (κ3) is 3.71. The second-order valence-electron chi connectivity index (χ2n) is 6.52. The number of halogens is 1. The van der Waals surface area contributed by atoms with Crippen molar-refractivity contribution in [1.82, 2.24) is 19.7 Å². The predicted molar refractivity (Wildman–Crippen MR) is 96.5 cm³/mol. The molecule has 130 valence electrons. The van der Waals surface area contributed by atoms with Crippen LogP contribution in [0.2, 0.25) is 5.28 Å². The van der Waals surface area contributed by atoms with E-state index in [-0.39, 0.29) is 5.28 Å². The van der Waals surface area contributed by atoms with Crippen molar-refractivity contribution in [3.8, 4) is 0 Å². The zero-order valence-electron chi connectivity index (χ0n) is 14.4. The molecule has 8 heteroatoms. The summed E-state index contributed by atoms with van der Waals surface area (Å²) in [6, 6.07) is 7.38. The van der Waals surface area contributed by atoms with Crippen LogP contribution in [-0.4, -0.2) is 38.5 Å². The molecule has 0 saturated heterocycles. The largest absolute Gasteiger partial charge is 0.442 e. The summed E-state index contributed by atoms with van der Waals surface area (Å²) in [6.07, 6.45) is 2.72. The van der Waals surface area contributed by atoms with E-state index in [0.717, 1.165) is 11.1 Å². The zero-order chi connectivity index (χ0) is 18.2. The van der Waals surface area contributed by atoms with Crippen molar-refractivity contribution in [1.29, 1.82) is 0 Å². The van der Waals surface area contributed by atoms with Gasteiger partial charge in [0.1, 0.15) is 11.4 Å². The maximum Gasteiger partial charge on any atom is 0.435 e. The third-order valence-electron chi connectivity index (χ3n) is 3.46. The van der Waals surface area contributed by atoms with Crippen LogP contribution >= 0.6 is 11.6 Å². The van der Waals surface area contributed by atoms with E-state index in [9.17, 15) is 4.79 Å². The number of hydrogen-bond donors (Lipinski definition) is 0. The molecular formula is C17H18ClN5O2. The van der Waals surface area contributed by atoms with E-state index >= 15 is 0 Å². The van der Waals surface area contributed by atoms with Gasteiger partial charge in [-0.15, -0.1) is 0 Å². The summed E-state index contributed by atoms with van der Waals surface area (Å²) >= 11 is 5.85. The van der Waals surface area contributed by atoms with E-state index < -0.39 is 11.7 Å². The lowest BCUT2D eigenvalue weighted by Crippen LogP contribution is -2.27. The first-order chi connectivity index (χ1) is 11.7. The lowest BCUT2D eigenvalue weighted by atomic mass is 10.2. The number of hydrogen-bond acceptors (Lipinski definition) is 6. The SMILES string of the molecule is CN(c1ccc2c(cnn2C(=O)OC(C)(C)C)c1)c1ccnc(Cl)n1. The number of anilines is 2. The van der Waals surface area contributed by atoms with Crippen LogP contribution < -0.4 is 4.90 Å². The lowest BCUT2D eigenvalue weighted by Gasteiger charge is -2.19. The summed E-state index contributed by atoms with van der Waals surface area (Å²) < 4.78 is 6.63. The van der Waals surface area contributed by atoms with Gasteiger partial charge in [-0.3, -0.25) is 0 Å². The minimum Gasteiger partial charge on any atom is -0.442 e. The average molecular weight is 360 g/mol. The molecule has 0 amide bonds. The van der Waals surface area contributed by atoms with E-state index in [2.05, 4.69) is 15.1 Å². The Morgan fingerprint density at radius 3 is 2.72 bits per heavy atom. The number of carbonyl (C=O) groups excluding carboxylic acids is 1. The predicted octanol–water partition coefficient (Wildman–Crippen LogP) is 4.03. The van der Waals surface area contributed by atoms with Gasteiger partial charge in [0.2, 0.25) is 5.28 Å². The minimum atomic E-state index is -0.582. The molecule has 25 heavy (non-hydrogen) atoms. The molecule has 7 nitrogen and oxygen atoms in total. The molecule has 0 unspecified atom stereocenters. The Bertz CT molecular complexity index is 932. The fraction of sp³-hybridized carbons (Fsp3) is 0.294. The van der Waals surface area contributed by atoms with Crippen LogP contribution in [0.5, 0.6) is 0 Å². The molecule has 0 radical (unpaired) electrons. The number of carbonyl (C=O) groups is 1. The fourth-order valence-corrected chi connectivity index (χ4v) is 2.47. The van der Waals surface area contributed by atoms with Crippen LogP contribution in [0.1, 0.15) is 20.8 Å². The van der Waals surface area contributed by atoms with E-state index in [1.165, 1.54) is 4.68 Å². The molecule has 0 fully saturated rings. The molecule has 3 aromatic rings. The topological polar surface area (TPSA) is 73.1 Å². The van der Waals surface area contributed by atoms with Crippen molar-refractivity contribution in [2.75, 3.05) is 11.9 Å². The van der Waals surface area contributed by atoms with Crippen molar-refractivity contribution in [3.63, 3.8) is 0 Å². The van der Waals surface area contributed by atoms with Gasteiger partial charge in [-0.1, -0.05) is 0 Å². The molecule has 0 atom stereocenters. The van der Waals surface area contributed by atoms with E-state index in [0.29, 0.717) is 11.3 Å². The molecule has 2 aromatic heterocycles. The first-order valence-corrected chi connectivity index (χ1v) is 8.06. The Kier molecular flexibility index (Phi) is 4.34. The maximum absolute atomic E-state index is 12.2. The zero-order valence-corrected chi connectivity index (χ0v) is 15.2. The van der Waals surface area contributed by atoms with Gasteiger partial charge in [0.25, 0.3) is 0 Å². The van der Waals surface area contributed by atoms with Crippen molar-refractivity contribution in [2.24, 2.45) is 0 Å². The first kappa shape index (κ1) is 17.2. The first-order valence-electron chi connectivity index (χ1n) is 7.68. The molecule has 0 aliphatic heterocycles. The Labute approximate surface area is 150 Å². The van der Waals surface area contributed by atoms with Gasteiger partial charge in [0.15, 0.2) is 0 Å². The quantitative estimate of drug-likeness (QED) is 0.643. The number of rotatable bonds is 2. The number of fused-ring (bicyclic) bond motifs is 1. The second kappa shape index (κ2) is 6.33. The highest BCUT2D eigenvalue weighted by atomic mass is 35.5. The van der Waals surface area contributed by atoms with Crippen molar-refractivity contribution in [2.45, 2.75) is 26.4 Å². The highest BCUT2D eigenvalue weighted by Crippen LogP contribution is 2.26. The lowest BCUT2D eigenvalue weighted by molar-refractivity contribution is 0.0523. The van der Waals surface area contributed by atoms with Crippen LogP contribution in [0.25, 0.3) is 10.9 Å². The van der Waals surface area contributed by atoms with Gasteiger partial charge in [0, 0.05) is 24.3 Å². The van der Waals surface area contributed by atoms with E-state index in [1.807, 2.05) is 50.9 Å². The highest BCUT2D eigenvalue weighted by Gasteiger charge is 2.20. The van der Waals surface area contributed by atoms with Gasteiger partial charge in [-0.2, -0.15) is 9.78 Å². The average Bonchev–Trinajstić information content (AvgIpc) is 2.95. The van der Waals surface area contributed by atoms with Gasteiger partial charge in [-0.25, -0.2) is 14.8 Å². The van der Waals surface area contributed by atoms with Crippen molar-refractivity contribution in [3.05, 3.63) is 41.9 Å². The van der Waals surface area contributed by atoms with E-state index in [1.54, 1.807) is 18.5 Å². The Balaban J connectivity index is 1.93. The standard InChI is InChI=1S/C17H18ClN5O2/c1-17(2,3)25-16(24)23-13-6-5-12(9-11(13)10-20-23)22(4)14-7-8-19-15(18)21-14/h5-10H,1-4H3. The van der Waals surface area contributed by atoms with Crippen molar-refractivity contribution < 1.29 is 9.53 Å². The molecule has 3 rings (SSSR count). The summed E-state index contributed by atoms with van der Waals surface area (Å²) in [5.41, 5.74) is 0.972. The number of benzene rings is 1. The Hall–Kier alpha value is -2.67. The summed E-state index contributed by atoms with van der Waals surface area (Å²) in [7, 11) is 1.87. The van der Waals surface area contributed by atoms with Gasteiger partial charge < -0.3 is 9.64 Å². The summed E-state index contributed by atoms with van der Waals surface area (Å²) in [5, 5.41) is 5.14. The minimum absolute atomic E-state index is 0.183. The smallest absolute Gasteiger partial charge is 0.435 e. The summed E-state index contributed by atoms with van der Waals surface area (Å²) in [6.45, 7) is 5.45. The molecule has 0 saturated carbocycles. The Morgan fingerprint density at radius 2 is 2.04 bits per heavy atom. The normalized spacial score (nSPS) is 11.6. The van der Waals surface area contributed by atoms with Crippen molar-refractivity contribution >= 4 is 40.1 Å². The summed E-state index contributed by atoms with van der Waals surface area (Å²) in [4.78, 5) is 22.2. The molecule has 0 aliphatic rings. The van der Waals surface area contributed by atoms with Crippen LogP contribution in [0.4, 0.5) is 16.3 Å². The molecule has 1 aromatic carbocycles. The molecule has 0 N–H and O–H groups in total. The molecule has 2 heterocycles. The highest BCUT2D eigenvalue weighted by molar-refractivity contribution is 6.28. The second-order valence-corrected chi connectivity index (χ2v) is 6.86. The van der Waals surface area contributed by atoms with Crippen LogP contribution in [0.3, 0.4) is 0 Å². The van der Waals surface area contributed by atoms with Gasteiger partial charge in [-0.05, 0) is 56.6 Å².